The number of aromatic nitrogens is 4. The number of anilines is 3. The van der Waals surface area contributed by atoms with E-state index in [-0.39, 0.29) is 11.5 Å². The molecule has 0 unspecified atom stereocenters. The summed E-state index contributed by atoms with van der Waals surface area (Å²) in [5.74, 6) is 0.00918. The second kappa shape index (κ2) is 10.7. The van der Waals surface area contributed by atoms with Crippen LogP contribution in [0.2, 0.25) is 5.02 Å². The quantitative estimate of drug-likeness (QED) is 0.441. The number of amides is 1. The molecule has 0 bridgehead atoms. The first kappa shape index (κ1) is 24.5. The van der Waals surface area contributed by atoms with Gasteiger partial charge in [0, 0.05) is 54.1 Å². The van der Waals surface area contributed by atoms with Crippen molar-refractivity contribution in [1.29, 1.82) is 0 Å². The summed E-state index contributed by atoms with van der Waals surface area (Å²) in [5.41, 5.74) is 1.72. The van der Waals surface area contributed by atoms with Crippen LogP contribution in [0.4, 0.5) is 21.7 Å². The maximum absolute atomic E-state index is 14.3. The van der Waals surface area contributed by atoms with Crippen LogP contribution in [0.15, 0.2) is 48.9 Å². The van der Waals surface area contributed by atoms with Gasteiger partial charge in [-0.3, -0.25) is 4.79 Å². The predicted molar refractivity (Wildman–Crippen MR) is 134 cm³/mol. The van der Waals surface area contributed by atoms with Crippen molar-refractivity contribution in [3.05, 3.63) is 65.5 Å². The molecule has 1 aliphatic rings. The molecule has 1 fully saturated rings. The van der Waals surface area contributed by atoms with Crippen LogP contribution in [-0.4, -0.2) is 56.1 Å². The second-order valence-electron chi connectivity index (χ2n) is 8.49. The standard InChI is InChI=1S/C24H26ClFN8O/c1-14-11-34(12-15(2)29-14)7-6-24(35)31-23-10-22(27-13-28-23)30-20-9-21(33-32-16(20)3)18-8-17(25)4-5-19(18)26/h4-10,13-15,29H,11-12H2,1-3H3,(H2,27,28,30,31,33,35)/t14-,15+. The zero-order valence-corrected chi connectivity index (χ0v) is 20.3. The highest BCUT2D eigenvalue weighted by Crippen LogP contribution is 2.28. The van der Waals surface area contributed by atoms with E-state index >= 15 is 0 Å². The minimum Gasteiger partial charge on any atom is -0.374 e. The number of piperazine rings is 1. The van der Waals surface area contributed by atoms with Crippen molar-refractivity contribution in [3.63, 3.8) is 0 Å². The van der Waals surface area contributed by atoms with Crippen molar-refractivity contribution in [2.45, 2.75) is 32.9 Å². The highest BCUT2D eigenvalue weighted by molar-refractivity contribution is 6.30. The van der Waals surface area contributed by atoms with Gasteiger partial charge in [-0.15, -0.1) is 0 Å². The predicted octanol–water partition coefficient (Wildman–Crippen LogP) is 3.91. The molecule has 182 valence electrons. The van der Waals surface area contributed by atoms with Crippen molar-refractivity contribution >= 4 is 34.8 Å². The first-order valence-corrected chi connectivity index (χ1v) is 11.5. The lowest BCUT2D eigenvalue weighted by Crippen LogP contribution is -2.52. The van der Waals surface area contributed by atoms with Crippen LogP contribution in [0.3, 0.4) is 0 Å². The Balaban J connectivity index is 1.45. The Kier molecular flexibility index (Phi) is 7.52. The molecule has 0 radical (unpaired) electrons. The van der Waals surface area contributed by atoms with Crippen molar-refractivity contribution in [1.82, 2.24) is 30.4 Å². The number of carbonyl (C=O) groups is 1. The van der Waals surface area contributed by atoms with Gasteiger partial charge in [0.2, 0.25) is 0 Å². The monoisotopic (exact) mass is 496 g/mol. The molecule has 3 N–H and O–H groups in total. The van der Waals surface area contributed by atoms with Gasteiger partial charge in [-0.25, -0.2) is 14.4 Å². The average Bonchev–Trinajstić information content (AvgIpc) is 2.80. The van der Waals surface area contributed by atoms with Gasteiger partial charge in [0.05, 0.1) is 17.1 Å². The fourth-order valence-electron chi connectivity index (χ4n) is 3.87. The van der Waals surface area contributed by atoms with Gasteiger partial charge in [-0.05, 0) is 45.0 Å². The highest BCUT2D eigenvalue weighted by atomic mass is 35.5. The molecule has 3 aromatic rings. The molecule has 1 aromatic carbocycles. The Bertz CT molecular complexity index is 1240. The van der Waals surface area contributed by atoms with Crippen LogP contribution >= 0.6 is 11.6 Å². The maximum atomic E-state index is 14.3. The Morgan fingerprint density at radius 3 is 2.66 bits per heavy atom. The SMILES string of the molecule is Cc1nnc(-c2cc(Cl)ccc2F)cc1Nc1cc(NC(=O)C=CN2C[C@@H](C)N[C@@H](C)C2)ncn1. The molecule has 2 atom stereocenters. The lowest BCUT2D eigenvalue weighted by molar-refractivity contribution is -0.112. The first-order valence-electron chi connectivity index (χ1n) is 11.1. The summed E-state index contributed by atoms with van der Waals surface area (Å²) in [5, 5.41) is 17.9. The zero-order chi connectivity index (χ0) is 24.9. The summed E-state index contributed by atoms with van der Waals surface area (Å²) in [4.78, 5) is 22.8. The number of aryl methyl sites for hydroxylation is 1. The van der Waals surface area contributed by atoms with E-state index in [1.54, 1.807) is 25.3 Å². The average molecular weight is 497 g/mol. The topological polar surface area (TPSA) is 108 Å². The van der Waals surface area contributed by atoms with Crippen molar-refractivity contribution in [2.75, 3.05) is 23.7 Å². The van der Waals surface area contributed by atoms with Gasteiger partial charge in [0.25, 0.3) is 5.91 Å². The number of hydrogen-bond acceptors (Lipinski definition) is 8. The number of halogens is 2. The van der Waals surface area contributed by atoms with Gasteiger partial charge in [0.15, 0.2) is 0 Å². The summed E-state index contributed by atoms with van der Waals surface area (Å²) in [6, 6.07) is 8.21. The minimum absolute atomic E-state index is 0.240. The third-order valence-electron chi connectivity index (χ3n) is 5.39. The van der Waals surface area contributed by atoms with Crippen LogP contribution in [-0.2, 0) is 4.79 Å². The second-order valence-corrected chi connectivity index (χ2v) is 8.93. The van der Waals surface area contributed by atoms with Gasteiger partial charge >= 0.3 is 0 Å². The number of nitrogens with zero attached hydrogens (tertiary/aromatic N) is 5. The van der Waals surface area contributed by atoms with Crippen LogP contribution in [0.1, 0.15) is 19.5 Å². The molecule has 3 heterocycles. The van der Waals surface area contributed by atoms with E-state index < -0.39 is 5.82 Å². The van der Waals surface area contributed by atoms with Crippen molar-refractivity contribution < 1.29 is 9.18 Å². The number of carbonyl (C=O) groups excluding carboxylic acids is 1. The van der Waals surface area contributed by atoms with E-state index in [2.05, 4.69) is 54.9 Å². The number of nitrogens with one attached hydrogen (secondary N) is 3. The number of benzene rings is 1. The largest absolute Gasteiger partial charge is 0.374 e. The van der Waals surface area contributed by atoms with Crippen LogP contribution in [0, 0.1) is 12.7 Å². The van der Waals surface area contributed by atoms with Crippen LogP contribution in [0.25, 0.3) is 11.3 Å². The van der Waals surface area contributed by atoms with Gasteiger partial charge in [-0.2, -0.15) is 10.2 Å². The zero-order valence-electron chi connectivity index (χ0n) is 19.6. The minimum atomic E-state index is -0.455. The smallest absolute Gasteiger partial charge is 0.250 e. The molecule has 0 spiro atoms. The fourth-order valence-corrected chi connectivity index (χ4v) is 4.04. The number of hydrogen-bond donors (Lipinski definition) is 3. The third-order valence-corrected chi connectivity index (χ3v) is 5.62. The lowest BCUT2D eigenvalue weighted by Gasteiger charge is -2.35. The molecular weight excluding hydrogens is 471 g/mol. The van der Waals surface area contributed by atoms with E-state index in [4.69, 9.17) is 11.6 Å². The van der Waals surface area contributed by atoms with E-state index in [9.17, 15) is 9.18 Å². The molecule has 0 aliphatic carbocycles. The molecule has 35 heavy (non-hydrogen) atoms. The third kappa shape index (κ3) is 6.49. The Labute approximate surface area is 207 Å². The molecule has 0 saturated carbocycles. The summed E-state index contributed by atoms with van der Waals surface area (Å²) >= 11 is 6.01. The molecule has 1 aliphatic heterocycles. The molecular formula is C24H26ClFN8O. The lowest BCUT2D eigenvalue weighted by atomic mass is 10.1. The summed E-state index contributed by atoms with van der Waals surface area (Å²) in [7, 11) is 0. The normalized spacial score (nSPS) is 18.0. The Morgan fingerprint density at radius 2 is 1.89 bits per heavy atom. The van der Waals surface area contributed by atoms with Crippen LogP contribution < -0.4 is 16.0 Å². The summed E-state index contributed by atoms with van der Waals surface area (Å²) in [6.07, 6.45) is 4.62. The van der Waals surface area contributed by atoms with E-state index in [1.165, 1.54) is 30.6 Å². The highest BCUT2D eigenvalue weighted by Gasteiger charge is 2.18. The molecule has 1 saturated heterocycles. The maximum Gasteiger partial charge on any atom is 0.250 e. The molecule has 1 amide bonds. The Morgan fingerprint density at radius 1 is 1.14 bits per heavy atom. The van der Waals surface area contributed by atoms with E-state index in [0.29, 0.717) is 45.8 Å². The molecule has 9 nitrogen and oxygen atoms in total. The number of rotatable bonds is 6. The fraction of sp³-hybridized carbons (Fsp3) is 0.292. The summed E-state index contributed by atoms with van der Waals surface area (Å²) in [6.45, 7) is 7.65. The van der Waals surface area contributed by atoms with Crippen molar-refractivity contribution in [2.24, 2.45) is 0 Å². The first-order chi connectivity index (χ1) is 16.8. The Hall–Kier alpha value is -3.63. The van der Waals surface area contributed by atoms with Gasteiger partial charge < -0.3 is 20.9 Å². The van der Waals surface area contributed by atoms with Gasteiger partial charge in [-0.1, -0.05) is 11.6 Å². The summed E-state index contributed by atoms with van der Waals surface area (Å²) < 4.78 is 14.3. The van der Waals surface area contributed by atoms with E-state index in [0.717, 1.165) is 13.1 Å². The van der Waals surface area contributed by atoms with Crippen LogP contribution in [0.5, 0.6) is 0 Å². The van der Waals surface area contributed by atoms with E-state index in [1.807, 2.05) is 0 Å². The molecule has 11 heteroatoms. The van der Waals surface area contributed by atoms with Crippen molar-refractivity contribution in [3.8, 4) is 11.3 Å². The molecule has 2 aromatic heterocycles. The van der Waals surface area contributed by atoms with Gasteiger partial charge in [0.1, 0.15) is 23.8 Å². The molecule has 4 rings (SSSR count).